The number of piperidine rings is 1. The van der Waals surface area contributed by atoms with Crippen molar-refractivity contribution in [1.82, 2.24) is 20.4 Å². The Morgan fingerprint density at radius 3 is 2.46 bits per heavy atom. The second-order valence-electron chi connectivity index (χ2n) is 11.4. The maximum absolute atomic E-state index is 13.4. The Labute approximate surface area is 208 Å². The highest BCUT2D eigenvalue weighted by molar-refractivity contribution is 6.09. The summed E-state index contributed by atoms with van der Waals surface area (Å²) in [7, 11) is 1.65. The van der Waals surface area contributed by atoms with Crippen molar-refractivity contribution >= 4 is 17.8 Å². The fourth-order valence-electron chi connectivity index (χ4n) is 6.57. The highest BCUT2D eigenvalue weighted by Crippen LogP contribution is 2.46. The van der Waals surface area contributed by atoms with Crippen molar-refractivity contribution in [3.63, 3.8) is 0 Å². The van der Waals surface area contributed by atoms with Crippen LogP contribution >= 0.6 is 0 Å². The van der Waals surface area contributed by atoms with Crippen LogP contribution in [-0.2, 0) is 9.59 Å². The highest BCUT2D eigenvalue weighted by Gasteiger charge is 2.56. The molecule has 0 bridgehead atoms. The minimum atomic E-state index is -0.891. The lowest BCUT2D eigenvalue weighted by Crippen LogP contribution is -2.54. The molecule has 3 unspecified atom stereocenters. The quantitative estimate of drug-likeness (QED) is 0.579. The summed E-state index contributed by atoms with van der Waals surface area (Å²) in [5.41, 5.74) is 0.178. The van der Waals surface area contributed by atoms with E-state index in [1.807, 2.05) is 24.3 Å². The zero-order valence-corrected chi connectivity index (χ0v) is 21.6. The molecule has 0 aromatic heterocycles. The van der Waals surface area contributed by atoms with E-state index in [0.717, 1.165) is 48.6 Å². The average Bonchev–Trinajstić information content (AvgIpc) is 3.02. The van der Waals surface area contributed by atoms with Crippen LogP contribution in [0.15, 0.2) is 24.3 Å². The van der Waals surface area contributed by atoms with E-state index < -0.39 is 11.6 Å². The summed E-state index contributed by atoms with van der Waals surface area (Å²) in [6, 6.07) is 7.52. The lowest BCUT2D eigenvalue weighted by molar-refractivity contribution is -0.137. The van der Waals surface area contributed by atoms with Gasteiger partial charge in [0, 0.05) is 6.54 Å². The van der Waals surface area contributed by atoms with Gasteiger partial charge in [-0.2, -0.15) is 0 Å². The van der Waals surface area contributed by atoms with E-state index >= 15 is 0 Å². The zero-order valence-electron chi connectivity index (χ0n) is 21.6. The van der Waals surface area contributed by atoms with E-state index in [-0.39, 0.29) is 29.8 Å². The SMILES string of the molecule is COc1ccc(C(CNC(=O)CN2C(=O)NC3(CC(C)CC(C)(C)C3)C2=O)N2CCCCC2)cc1. The Kier molecular flexibility index (Phi) is 7.40. The van der Waals surface area contributed by atoms with Gasteiger partial charge in [-0.3, -0.25) is 19.4 Å². The molecular weight excluding hydrogens is 444 g/mol. The van der Waals surface area contributed by atoms with Gasteiger partial charge < -0.3 is 15.4 Å². The number of carbonyl (C=O) groups excluding carboxylic acids is 3. The van der Waals surface area contributed by atoms with Gasteiger partial charge in [0.1, 0.15) is 17.8 Å². The van der Waals surface area contributed by atoms with E-state index in [0.29, 0.717) is 25.3 Å². The third kappa shape index (κ3) is 5.63. The van der Waals surface area contributed by atoms with Gasteiger partial charge in [-0.05, 0) is 74.2 Å². The van der Waals surface area contributed by atoms with Crippen molar-refractivity contribution in [3.05, 3.63) is 29.8 Å². The number of rotatable bonds is 7. The molecule has 3 fully saturated rings. The lowest BCUT2D eigenvalue weighted by atomic mass is 9.64. The molecule has 8 nitrogen and oxygen atoms in total. The summed E-state index contributed by atoms with van der Waals surface area (Å²) in [5, 5.41) is 5.96. The molecule has 35 heavy (non-hydrogen) atoms. The second kappa shape index (κ2) is 10.2. The summed E-state index contributed by atoms with van der Waals surface area (Å²) in [6.45, 7) is 8.53. The number of ether oxygens (including phenoxy) is 1. The van der Waals surface area contributed by atoms with Crippen molar-refractivity contribution < 1.29 is 19.1 Å². The molecule has 2 aliphatic heterocycles. The van der Waals surface area contributed by atoms with Crippen molar-refractivity contribution in [3.8, 4) is 5.75 Å². The Morgan fingerprint density at radius 1 is 1.14 bits per heavy atom. The van der Waals surface area contributed by atoms with Gasteiger partial charge >= 0.3 is 6.03 Å². The van der Waals surface area contributed by atoms with Crippen LogP contribution in [0.5, 0.6) is 5.75 Å². The maximum Gasteiger partial charge on any atom is 0.325 e. The predicted octanol–water partition coefficient (Wildman–Crippen LogP) is 3.48. The summed E-state index contributed by atoms with van der Waals surface area (Å²) >= 11 is 0. The van der Waals surface area contributed by atoms with Gasteiger partial charge in [0.15, 0.2) is 0 Å². The standard InChI is InChI=1S/C27H40N4O4/c1-19-14-26(2,3)18-27(15-19)24(33)31(25(34)29-27)17-23(32)28-16-22(30-12-6-5-7-13-30)20-8-10-21(35-4)11-9-20/h8-11,19,22H,5-7,12-18H2,1-4H3,(H,28,32)(H,29,34). The maximum atomic E-state index is 13.4. The molecule has 3 aliphatic rings. The molecule has 2 saturated heterocycles. The van der Waals surface area contributed by atoms with Crippen LogP contribution in [0.2, 0.25) is 0 Å². The van der Waals surface area contributed by atoms with Crippen LogP contribution in [0.4, 0.5) is 4.79 Å². The normalized spacial score (nSPS) is 27.5. The first kappa shape index (κ1) is 25.5. The van der Waals surface area contributed by atoms with Crippen LogP contribution in [-0.4, -0.2) is 66.5 Å². The number of benzene rings is 1. The minimum Gasteiger partial charge on any atom is -0.497 e. The Morgan fingerprint density at radius 2 is 1.83 bits per heavy atom. The highest BCUT2D eigenvalue weighted by atomic mass is 16.5. The number of imide groups is 1. The third-order valence-electron chi connectivity index (χ3n) is 7.75. The molecule has 3 atom stereocenters. The first-order chi connectivity index (χ1) is 16.6. The van der Waals surface area contributed by atoms with Gasteiger partial charge in [0.05, 0.1) is 13.2 Å². The zero-order chi connectivity index (χ0) is 25.2. The van der Waals surface area contributed by atoms with Gasteiger partial charge in [0.25, 0.3) is 5.91 Å². The molecule has 0 radical (unpaired) electrons. The van der Waals surface area contributed by atoms with Gasteiger partial charge in [-0.25, -0.2) is 4.79 Å². The molecule has 2 heterocycles. The van der Waals surface area contributed by atoms with Crippen LogP contribution in [0.3, 0.4) is 0 Å². The Balaban J connectivity index is 1.41. The Bertz CT molecular complexity index is 941. The molecule has 1 aromatic rings. The number of amides is 4. The number of hydrogen-bond acceptors (Lipinski definition) is 5. The average molecular weight is 485 g/mol. The number of urea groups is 1. The smallest absolute Gasteiger partial charge is 0.325 e. The first-order valence-electron chi connectivity index (χ1n) is 12.9. The molecule has 1 aromatic carbocycles. The van der Waals surface area contributed by atoms with Crippen LogP contribution < -0.4 is 15.4 Å². The van der Waals surface area contributed by atoms with Gasteiger partial charge in [-0.1, -0.05) is 39.3 Å². The number of nitrogens with one attached hydrogen (secondary N) is 2. The summed E-state index contributed by atoms with van der Waals surface area (Å²) < 4.78 is 5.30. The summed E-state index contributed by atoms with van der Waals surface area (Å²) in [6.07, 6.45) is 5.73. The number of nitrogens with zero attached hydrogens (tertiary/aromatic N) is 2. The van der Waals surface area contributed by atoms with Crippen LogP contribution in [0, 0.1) is 11.3 Å². The molecule has 4 amide bonds. The number of likely N-dealkylation sites (tertiary alicyclic amines) is 1. The number of carbonyl (C=O) groups is 3. The van der Waals surface area contributed by atoms with Crippen LogP contribution in [0.25, 0.3) is 0 Å². The third-order valence-corrected chi connectivity index (χ3v) is 7.75. The molecule has 4 rings (SSSR count). The summed E-state index contributed by atoms with van der Waals surface area (Å²) in [5.74, 6) is 0.540. The van der Waals surface area contributed by atoms with Crippen LogP contribution in [0.1, 0.15) is 70.9 Å². The first-order valence-corrected chi connectivity index (χ1v) is 12.9. The van der Waals surface area contributed by atoms with Crippen molar-refractivity contribution in [2.45, 2.75) is 70.9 Å². The molecule has 1 spiro atoms. The largest absolute Gasteiger partial charge is 0.497 e. The Hall–Kier alpha value is -2.61. The predicted molar refractivity (Wildman–Crippen MR) is 134 cm³/mol. The molecule has 2 N–H and O–H groups in total. The number of methoxy groups -OCH3 is 1. The monoisotopic (exact) mass is 484 g/mol. The van der Waals surface area contributed by atoms with Crippen molar-refractivity contribution in [1.29, 1.82) is 0 Å². The van der Waals surface area contributed by atoms with Crippen molar-refractivity contribution in [2.75, 3.05) is 33.3 Å². The molecule has 1 saturated carbocycles. The molecule has 1 aliphatic carbocycles. The van der Waals surface area contributed by atoms with E-state index in [1.54, 1.807) is 7.11 Å². The minimum absolute atomic E-state index is 0.0274. The van der Waals surface area contributed by atoms with E-state index in [4.69, 9.17) is 4.74 Å². The van der Waals surface area contributed by atoms with Gasteiger partial charge in [-0.15, -0.1) is 0 Å². The fraction of sp³-hybridized carbons (Fsp3) is 0.667. The topological polar surface area (TPSA) is 91.0 Å². The molecular formula is C27H40N4O4. The van der Waals surface area contributed by atoms with Gasteiger partial charge in [0.2, 0.25) is 5.91 Å². The van der Waals surface area contributed by atoms with E-state index in [1.165, 1.54) is 6.42 Å². The fourth-order valence-corrected chi connectivity index (χ4v) is 6.57. The van der Waals surface area contributed by atoms with Crippen molar-refractivity contribution in [2.24, 2.45) is 11.3 Å². The molecule has 8 heteroatoms. The van der Waals surface area contributed by atoms with E-state index in [9.17, 15) is 14.4 Å². The lowest BCUT2D eigenvalue weighted by Gasteiger charge is -2.43. The number of hydrogen-bond donors (Lipinski definition) is 2. The second-order valence-corrected chi connectivity index (χ2v) is 11.4. The van der Waals surface area contributed by atoms with E-state index in [2.05, 4.69) is 36.3 Å². The molecule has 192 valence electrons. The summed E-state index contributed by atoms with van der Waals surface area (Å²) in [4.78, 5) is 42.6.